The van der Waals surface area contributed by atoms with Gasteiger partial charge in [-0.05, 0) is 24.0 Å². The van der Waals surface area contributed by atoms with Gasteiger partial charge in [0.05, 0.1) is 11.6 Å². The van der Waals surface area contributed by atoms with Crippen molar-refractivity contribution in [3.05, 3.63) is 88.7 Å². The number of nitrogens with one attached hydrogen (secondary N) is 1. The first-order chi connectivity index (χ1) is 14.3. The first-order valence-corrected chi connectivity index (χ1v) is 10.4. The number of aromatic nitrogens is 2. The molecular formula is C24H25N3O2. The molecule has 1 saturated heterocycles. The normalized spacial score (nSPS) is 18.8. The summed E-state index contributed by atoms with van der Waals surface area (Å²) in [6.45, 7) is 2.00. The second kappa shape index (κ2) is 7.84. The Morgan fingerprint density at radius 3 is 2.38 bits per heavy atom. The second-order valence-corrected chi connectivity index (χ2v) is 7.83. The number of carbonyl (C=O) groups is 1. The Hall–Kier alpha value is -2.92. The molecule has 2 aliphatic heterocycles. The lowest BCUT2D eigenvalue weighted by Gasteiger charge is -2.30. The van der Waals surface area contributed by atoms with Crippen LogP contribution in [0.15, 0.2) is 60.7 Å². The zero-order valence-electron chi connectivity index (χ0n) is 16.4. The first-order valence-electron chi connectivity index (χ1n) is 10.4. The molecule has 2 aliphatic rings. The Bertz CT molecular complexity index is 938. The number of benzene rings is 2. The molecule has 0 saturated carbocycles. The van der Waals surface area contributed by atoms with Gasteiger partial charge in [-0.15, -0.1) is 0 Å². The van der Waals surface area contributed by atoms with Crippen LogP contribution >= 0.6 is 0 Å². The molecule has 5 rings (SSSR count). The molecule has 2 aromatic carbocycles. The molecule has 3 aromatic rings. The lowest BCUT2D eigenvalue weighted by atomic mass is 9.85. The molecule has 0 spiro atoms. The number of nitrogens with zero attached hydrogens (tertiary/aromatic N) is 2. The van der Waals surface area contributed by atoms with Gasteiger partial charge in [0.25, 0.3) is 5.91 Å². The Morgan fingerprint density at radius 2 is 1.76 bits per heavy atom. The van der Waals surface area contributed by atoms with Crippen LogP contribution in [0, 0.1) is 0 Å². The van der Waals surface area contributed by atoms with Crippen molar-refractivity contribution in [3.63, 3.8) is 0 Å². The van der Waals surface area contributed by atoms with E-state index in [1.807, 2.05) is 17.0 Å². The van der Waals surface area contributed by atoms with Crippen molar-refractivity contribution in [2.24, 2.45) is 0 Å². The fraction of sp³-hybridized carbons (Fsp3) is 0.333. The van der Waals surface area contributed by atoms with E-state index in [1.54, 1.807) is 0 Å². The fourth-order valence-corrected chi connectivity index (χ4v) is 4.52. The average molecular weight is 387 g/mol. The molecule has 1 aromatic heterocycles. The van der Waals surface area contributed by atoms with Gasteiger partial charge in [0.2, 0.25) is 0 Å². The highest BCUT2D eigenvalue weighted by Gasteiger charge is 2.33. The monoisotopic (exact) mass is 387 g/mol. The van der Waals surface area contributed by atoms with E-state index in [2.05, 4.69) is 53.6 Å². The van der Waals surface area contributed by atoms with Gasteiger partial charge >= 0.3 is 0 Å². The molecular weight excluding hydrogens is 362 g/mol. The number of fused-ring (bicyclic) bond motifs is 1. The van der Waals surface area contributed by atoms with Crippen LogP contribution in [0.2, 0.25) is 0 Å². The Kier molecular flexibility index (Phi) is 4.90. The van der Waals surface area contributed by atoms with Crippen molar-refractivity contribution < 1.29 is 9.53 Å². The van der Waals surface area contributed by atoms with Crippen LogP contribution in [-0.2, 0) is 22.5 Å². The van der Waals surface area contributed by atoms with Crippen molar-refractivity contribution >= 4 is 5.91 Å². The Morgan fingerprint density at radius 1 is 1.07 bits per heavy atom. The van der Waals surface area contributed by atoms with Crippen LogP contribution in [0.3, 0.4) is 0 Å². The predicted octanol–water partition coefficient (Wildman–Crippen LogP) is 3.65. The van der Waals surface area contributed by atoms with Gasteiger partial charge in [0.1, 0.15) is 6.10 Å². The topological polar surface area (TPSA) is 58.2 Å². The lowest BCUT2D eigenvalue weighted by molar-refractivity contribution is -0.141. The molecule has 0 aliphatic carbocycles. The summed E-state index contributed by atoms with van der Waals surface area (Å²) in [7, 11) is 0. The van der Waals surface area contributed by atoms with Gasteiger partial charge in [0.15, 0.2) is 0 Å². The van der Waals surface area contributed by atoms with E-state index in [9.17, 15) is 4.79 Å². The zero-order chi connectivity index (χ0) is 19.6. The summed E-state index contributed by atoms with van der Waals surface area (Å²) >= 11 is 0. The summed E-state index contributed by atoms with van der Waals surface area (Å²) in [5, 5.41) is 8.00. The van der Waals surface area contributed by atoms with Crippen molar-refractivity contribution in [2.75, 3.05) is 13.2 Å². The maximum atomic E-state index is 12.9. The summed E-state index contributed by atoms with van der Waals surface area (Å²) in [5.74, 6) is 0.159. The molecule has 148 valence electrons. The minimum Gasteiger partial charge on any atom is -0.368 e. The third-order valence-corrected chi connectivity index (χ3v) is 6.02. The predicted molar refractivity (Wildman–Crippen MR) is 111 cm³/mol. The maximum absolute atomic E-state index is 12.9. The molecule has 0 bridgehead atoms. The van der Waals surface area contributed by atoms with Crippen LogP contribution in [-0.4, -0.2) is 40.3 Å². The molecule has 1 N–H and O–H groups in total. The van der Waals surface area contributed by atoms with Crippen LogP contribution in [0.25, 0.3) is 0 Å². The standard InChI is InChI=1S/C24H25N3O2/c28-24(21-12-7-15-29-21)27-14-13-20-19(16-27)23(26-25-20)22(17-8-3-1-4-9-17)18-10-5-2-6-11-18/h1-6,8-11,21-22H,7,12-16H2,(H,25,26)/t21-/m1/s1. The molecule has 5 heteroatoms. The third kappa shape index (κ3) is 3.47. The van der Waals surface area contributed by atoms with Crippen LogP contribution in [0.5, 0.6) is 0 Å². The van der Waals surface area contributed by atoms with Crippen molar-refractivity contribution in [1.29, 1.82) is 0 Å². The van der Waals surface area contributed by atoms with E-state index in [0.29, 0.717) is 19.7 Å². The zero-order valence-corrected chi connectivity index (χ0v) is 16.4. The molecule has 1 amide bonds. The molecule has 1 fully saturated rings. The largest absolute Gasteiger partial charge is 0.368 e. The van der Waals surface area contributed by atoms with Gasteiger partial charge in [-0.1, -0.05) is 60.7 Å². The molecule has 3 heterocycles. The molecule has 0 unspecified atom stereocenters. The number of aromatic amines is 1. The average Bonchev–Trinajstić information content (AvgIpc) is 3.45. The van der Waals surface area contributed by atoms with Crippen molar-refractivity contribution in [1.82, 2.24) is 15.1 Å². The molecule has 5 nitrogen and oxygen atoms in total. The third-order valence-electron chi connectivity index (χ3n) is 6.02. The second-order valence-electron chi connectivity index (χ2n) is 7.83. The smallest absolute Gasteiger partial charge is 0.252 e. The van der Waals surface area contributed by atoms with Crippen molar-refractivity contribution in [3.8, 4) is 0 Å². The molecule has 0 radical (unpaired) electrons. The number of H-pyrrole nitrogens is 1. The van der Waals surface area contributed by atoms with E-state index >= 15 is 0 Å². The summed E-state index contributed by atoms with van der Waals surface area (Å²) in [5.41, 5.74) is 5.72. The van der Waals surface area contributed by atoms with E-state index < -0.39 is 0 Å². The summed E-state index contributed by atoms with van der Waals surface area (Å²) in [4.78, 5) is 14.9. The van der Waals surface area contributed by atoms with E-state index in [0.717, 1.165) is 36.2 Å². The summed E-state index contributed by atoms with van der Waals surface area (Å²) < 4.78 is 5.64. The Balaban J connectivity index is 1.51. The number of amides is 1. The minimum absolute atomic E-state index is 0.0372. The number of carbonyl (C=O) groups excluding carboxylic acids is 1. The molecule has 1 atom stereocenters. The maximum Gasteiger partial charge on any atom is 0.252 e. The fourth-order valence-electron chi connectivity index (χ4n) is 4.52. The quantitative estimate of drug-likeness (QED) is 0.743. The summed E-state index contributed by atoms with van der Waals surface area (Å²) in [6, 6.07) is 20.9. The number of hydrogen-bond acceptors (Lipinski definition) is 3. The number of hydrogen-bond donors (Lipinski definition) is 1. The van der Waals surface area contributed by atoms with Gasteiger partial charge in [-0.3, -0.25) is 9.89 Å². The highest BCUT2D eigenvalue weighted by atomic mass is 16.5. The molecule has 29 heavy (non-hydrogen) atoms. The number of ether oxygens (including phenoxy) is 1. The summed E-state index contributed by atoms with van der Waals surface area (Å²) in [6.07, 6.45) is 2.33. The number of rotatable bonds is 4. The van der Waals surface area contributed by atoms with E-state index in [1.165, 1.54) is 11.1 Å². The van der Waals surface area contributed by atoms with Gasteiger partial charge in [-0.25, -0.2) is 0 Å². The van der Waals surface area contributed by atoms with Crippen LogP contribution < -0.4 is 0 Å². The highest BCUT2D eigenvalue weighted by Crippen LogP contribution is 2.35. The highest BCUT2D eigenvalue weighted by molar-refractivity contribution is 5.81. The SMILES string of the molecule is O=C([C@H]1CCCO1)N1CCc2[nH]nc(C(c3ccccc3)c3ccccc3)c2C1. The van der Waals surface area contributed by atoms with E-state index in [-0.39, 0.29) is 17.9 Å². The van der Waals surface area contributed by atoms with Gasteiger partial charge in [-0.2, -0.15) is 5.10 Å². The minimum atomic E-state index is -0.272. The lowest BCUT2D eigenvalue weighted by Crippen LogP contribution is -2.42. The van der Waals surface area contributed by atoms with Gasteiger partial charge in [0, 0.05) is 37.4 Å². The van der Waals surface area contributed by atoms with E-state index in [4.69, 9.17) is 9.84 Å². The Labute approximate surface area is 170 Å². The van der Waals surface area contributed by atoms with Gasteiger partial charge < -0.3 is 9.64 Å². The first kappa shape index (κ1) is 18.1. The van der Waals surface area contributed by atoms with Crippen LogP contribution in [0.1, 0.15) is 46.8 Å². The van der Waals surface area contributed by atoms with Crippen molar-refractivity contribution in [2.45, 2.75) is 37.8 Å². The van der Waals surface area contributed by atoms with Crippen LogP contribution in [0.4, 0.5) is 0 Å².